The lowest BCUT2D eigenvalue weighted by molar-refractivity contribution is -0.161. The van der Waals surface area contributed by atoms with E-state index in [1.165, 1.54) is 12.8 Å². The van der Waals surface area contributed by atoms with Crippen LogP contribution < -0.4 is 5.73 Å². The van der Waals surface area contributed by atoms with Crippen molar-refractivity contribution in [1.29, 1.82) is 0 Å². The molecule has 35 heavy (non-hydrogen) atoms. The van der Waals surface area contributed by atoms with Gasteiger partial charge in [-0.2, -0.15) is 0 Å². The molecule has 2 atom stereocenters. The Balaban J connectivity index is 4.09. The van der Waals surface area contributed by atoms with Crippen LogP contribution in [0.1, 0.15) is 90.9 Å². The highest BCUT2D eigenvalue weighted by atomic mass is 31.2. The van der Waals surface area contributed by atoms with Crippen LogP contribution in [0.2, 0.25) is 0 Å². The Hall–Kier alpha value is -1.51. The molecule has 0 radical (unpaired) electrons. The van der Waals surface area contributed by atoms with Crippen molar-refractivity contribution >= 4 is 19.8 Å². The van der Waals surface area contributed by atoms with Crippen LogP contribution in [0.4, 0.5) is 0 Å². The fourth-order valence-corrected chi connectivity index (χ4v) is 3.69. The van der Waals surface area contributed by atoms with Crippen LogP contribution in [0, 0.1) is 0 Å². The van der Waals surface area contributed by atoms with Gasteiger partial charge in [-0.1, -0.05) is 70.3 Å². The molecule has 0 saturated heterocycles. The maximum Gasteiger partial charge on any atom is 0.472 e. The quantitative estimate of drug-likeness (QED) is 0.0791. The molecule has 0 saturated carbocycles. The number of rotatable bonds is 23. The smallest absolute Gasteiger partial charge is 0.462 e. The molecule has 3 N–H and O–H groups in total. The van der Waals surface area contributed by atoms with Crippen molar-refractivity contribution in [3.05, 3.63) is 24.3 Å². The first-order valence-electron chi connectivity index (χ1n) is 12.8. The number of ether oxygens (including phenoxy) is 2. The molecular formula is C25H46NO8P. The minimum absolute atomic E-state index is 0.0495. The fourth-order valence-electron chi connectivity index (χ4n) is 2.92. The summed E-state index contributed by atoms with van der Waals surface area (Å²) in [6, 6.07) is 0. The molecule has 0 rings (SSSR count). The highest BCUT2D eigenvalue weighted by molar-refractivity contribution is 7.47. The third-order valence-corrected chi connectivity index (χ3v) is 5.88. The summed E-state index contributed by atoms with van der Waals surface area (Å²) in [6.45, 7) is 3.01. The molecule has 0 heterocycles. The van der Waals surface area contributed by atoms with Crippen LogP contribution >= 0.6 is 7.82 Å². The highest BCUT2D eigenvalue weighted by Gasteiger charge is 2.25. The topological polar surface area (TPSA) is 134 Å². The van der Waals surface area contributed by atoms with Gasteiger partial charge >= 0.3 is 19.8 Å². The second-order valence-electron chi connectivity index (χ2n) is 8.16. The lowest BCUT2D eigenvalue weighted by Crippen LogP contribution is -2.29. The highest BCUT2D eigenvalue weighted by Crippen LogP contribution is 2.43. The van der Waals surface area contributed by atoms with Gasteiger partial charge in [-0.25, -0.2) is 4.57 Å². The van der Waals surface area contributed by atoms with Gasteiger partial charge in [0.25, 0.3) is 0 Å². The van der Waals surface area contributed by atoms with Gasteiger partial charge in [0.05, 0.1) is 13.2 Å². The first-order valence-corrected chi connectivity index (χ1v) is 14.3. The first kappa shape index (κ1) is 33.5. The van der Waals surface area contributed by atoms with Gasteiger partial charge in [0, 0.05) is 19.4 Å². The summed E-state index contributed by atoms with van der Waals surface area (Å²) >= 11 is 0. The van der Waals surface area contributed by atoms with E-state index in [9.17, 15) is 19.0 Å². The van der Waals surface area contributed by atoms with Crippen LogP contribution in [0.15, 0.2) is 24.3 Å². The van der Waals surface area contributed by atoms with E-state index in [0.29, 0.717) is 6.42 Å². The summed E-state index contributed by atoms with van der Waals surface area (Å²) in [5.41, 5.74) is 5.24. The van der Waals surface area contributed by atoms with Crippen molar-refractivity contribution in [3.8, 4) is 0 Å². The third-order valence-electron chi connectivity index (χ3n) is 4.89. The van der Waals surface area contributed by atoms with Gasteiger partial charge in [0.2, 0.25) is 0 Å². The van der Waals surface area contributed by atoms with Crippen LogP contribution in [-0.2, 0) is 32.7 Å². The van der Waals surface area contributed by atoms with E-state index < -0.39 is 32.5 Å². The molecule has 0 spiro atoms. The average molecular weight is 520 g/mol. The monoisotopic (exact) mass is 519 g/mol. The van der Waals surface area contributed by atoms with E-state index in [4.69, 9.17) is 19.7 Å². The number of carbonyl (C=O) groups is 2. The van der Waals surface area contributed by atoms with Crippen LogP contribution in [-0.4, -0.2) is 49.3 Å². The van der Waals surface area contributed by atoms with E-state index in [0.717, 1.165) is 44.9 Å². The van der Waals surface area contributed by atoms with Gasteiger partial charge in [-0.15, -0.1) is 0 Å². The minimum Gasteiger partial charge on any atom is -0.462 e. The molecule has 0 fully saturated rings. The number of phosphoric acid groups is 1. The largest absolute Gasteiger partial charge is 0.472 e. The van der Waals surface area contributed by atoms with Crippen molar-refractivity contribution in [1.82, 2.24) is 0 Å². The van der Waals surface area contributed by atoms with Gasteiger partial charge in [-0.05, 0) is 32.1 Å². The summed E-state index contributed by atoms with van der Waals surface area (Å²) in [6.07, 6.45) is 18.8. The van der Waals surface area contributed by atoms with Crippen LogP contribution in [0.3, 0.4) is 0 Å². The number of unbranched alkanes of at least 4 members (excludes halogenated alkanes) is 7. The van der Waals surface area contributed by atoms with E-state index in [2.05, 4.69) is 35.8 Å². The van der Waals surface area contributed by atoms with E-state index in [1.54, 1.807) is 6.92 Å². The molecule has 0 aromatic heterocycles. The number of hydrogen-bond donors (Lipinski definition) is 2. The zero-order valence-electron chi connectivity index (χ0n) is 21.5. The molecule has 2 unspecified atom stereocenters. The zero-order valence-corrected chi connectivity index (χ0v) is 22.4. The SMILES string of the molecule is CCCC/C=C\C/C=C\CCCCCCCC(=O)OC(COC(=O)CC)COP(=O)(O)OCCN. The lowest BCUT2D eigenvalue weighted by Gasteiger charge is -2.19. The molecule has 0 aromatic rings. The molecule has 10 heteroatoms. The molecule has 204 valence electrons. The predicted octanol–water partition coefficient (Wildman–Crippen LogP) is 5.37. The molecule has 0 amide bonds. The van der Waals surface area contributed by atoms with Crippen molar-refractivity contribution in [2.45, 2.75) is 97.0 Å². The van der Waals surface area contributed by atoms with Crippen LogP contribution in [0.5, 0.6) is 0 Å². The Labute approximate surface area is 211 Å². The molecule has 0 bridgehead atoms. The lowest BCUT2D eigenvalue weighted by atomic mass is 10.1. The number of phosphoric ester groups is 1. The zero-order chi connectivity index (χ0) is 26.2. The van der Waals surface area contributed by atoms with Crippen molar-refractivity contribution in [2.24, 2.45) is 5.73 Å². The number of carbonyl (C=O) groups excluding carboxylic acids is 2. The standard InChI is InChI=1S/C25H46NO8P/c1-3-5-6-7-8-9-10-11-12-13-14-15-16-17-18-25(28)34-23(21-31-24(27)4-2)22-33-35(29,30)32-20-19-26/h7-8,10-11,23H,3-6,9,12-22,26H2,1-2H3,(H,29,30)/b8-7-,11-10-. The number of esters is 2. The van der Waals surface area contributed by atoms with E-state index in [1.807, 2.05) is 0 Å². The van der Waals surface area contributed by atoms with Crippen molar-refractivity contribution in [3.63, 3.8) is 0 Å². The second-order valence-corrected chi connectivity index (χ2v) is 9.62. The summed E-state index contributed by atoms with van der Waals surface area (Å²) < 4.78 is 31.5. The molecule has 9 nitrogen and oxygen atoms in total. The summed E-state index contributed by atoms with van der Waals surface area (Å²) in [4.78, 5) is 33.2. The maximum atomic E-state index is 12.2. The summed E-state index contributed by atoms with van der Waals surface area (Å²) in [7, 11) is -4.33. The summed E-state index contributed by atoms with van der Waals surface area (Å²) in [5.74, 6) is -0.951. The molecular weight excluding hydrogens is 473 g/mol. The van der Waals surface area contributed by atoms with Crippen LogP contribution in [0.25, 0.3) is 0 Å². The summed E-state index contributed by atoms with van der Waals surface area (Å²) in [5, 5.41) is 0. The Kier molecular flexibility index (Phi) is 21.9. The van der Waals surface area contributed by atoms with Gasteiger partial charge in [0.1, 0.15) is 6.61 Å². The Morgan fingerprint density at radius 1 is 0.886 bits per heavy atom. The Morgan fingerprint density at radius 2 is 1.54 bits per heavy atom. The number of hydrogen-bond acceptors (Lipinski definition) is 8. The van der Waals surface area contributed by atoms with Gasteiger partial charge in [0.15, 0.2) is 6.10 Å². The Bertz CT molecular complexity index is 653. The molecule has 0 aliphatic heterocycles. The normalized spacial score (nSPS) is 14.3. The molecule has 0 aliphatic rings. The third kappa shape index (κ3) is 22.7. The average Bonchev–Trinajstić information content (AvgIpc) is 2.84. The van der Waals surface area contributed by atoms with E-state index >= 15 is 0 Å². The van der Waals surface area contributed by atoms with Gasteiger partial charge in [-0.3, -0.25) is 18.6 Å². The van der Waals surface area contributed by atoms with Crippen molar-refractivity contribution in [2.75, 3.05) is 26.4 Å². The second kappa shape index (κ2) is 22.9. The van der Waals surface area contributed by atoms with Gasteiger partial charge < -0.3 is 20.1 Å². The number of nitrogens with two attached hydrogens (primary N) is 1. The van der Waals surface area contributed by atoms with Crippen molar-refractivity contribution < 1.29 is 37.6 Å². The molecule has 0 aliphatic carbocycles. The Morgan fingerprint density at radius 3 is 2.20 bits per heavy atom. The maximum absolute atomic E-state index is 12.2. The molecule has 0 aromatic carbocycles. The van der Waals surface area contributed by atoms with E-state index in [-0.39, 0.29) is 32.6 Å². The minimum atomic E-state index is -4.33. The number of allylic oxidation sites excluding steroid dienone is 4. The first-order chi connectivity index (χ1) is 16.8. The fraction of sp³-hybridized carbons (Fsp3) is 0.760. The predicted molar refractivity (Wildman–Crippen MR) is 137 cm³/mol.